The Morgan fingerprint density at radius 2 is 1.89 bits per heavy atom. The summed E-state index contributed by atoms with van der Waals surface area (Å²) in [4.78, 5) is 26.6. The van der Waals surface area contributed by atoms with Crippen LogP contribution in [0.25, 0.3) is 0 Å². The predicted molar refractivity (Wildman–Crippen MR) is 63.9 cm³/mol. The standard InChI is InChI=1S/C12H18F2N2O3/c1-11(2,3)19-10(18)16-6-4-12(5-7-16,9(13)14)15-8-17/h9H,4-7H2,1-3H3. The van der Waals surface area contributed by atoms with E-state index in [1.807, 2.05) is 0 Å². The zero-order valence-electron chi connectivity index (χ0n) is 11.3. The lowest BCUT2D eigenvalue weighted by molar-refractivity contribution is -0.00803. The van der Waals surface area contributed by atoms with Gasteiger partial charge in [0.25, 0.3) is 6.43 Å². The number of hydrogen-bond donors (Lipinski definition) is 0. The van der Waals surface area contributed by atoms with Gasteiger partial charge in [0.1, 0.15) is 11.1 Å². The van der Waals surface area contributed by atoms with Gasteiger partial charge >= 0.3 is 6.09 Å². The molecule has 0 unspecified atom stereocenters. The lowest BCUT2D eigenvalue weighted by Crippen LogP contribution is -2.50. The number of likely N-dealkylation sites (tertiary alicyclic amines) is 1. The fraction of sp³-hybridized carbons (Fsp3) is 0.833. The molecule has 0 radical (unpaired) electrons. The van der Waals surface area contributed by atoms with Crippen LogP contribution in [0.2, 0.25) is 0 Å². The topological polar surface area (TPSA) is 59.0 Å². The zero-order valence-corrected chi connectivity index (χ0v) is 11.3. The normalized spacial score (nSPS) is 18.9. The molecule has 5 nitrogen and oxygen atoms in total. The fourth-order valence-electron chi connectivity index (χ4n) is 1.87. The van der Waals surface area contributed by atoms with E-state index in [1.165, 1.54) is 11.0 Å². The predicted octanol–water partition coefficient (Wildman–Crippen LogP) is 2.36. The molecular formula is C12H18F2N2O3. The molecule has 0 aromatic rings. The summed E-state index contributed by atoms with van der Waals surface area (Å²) in [6.45, 7) is 5.37. The number of piperidine rings is 1. The lowest BCUT2D eigenvalue weighted by atomic mass is 9.89. The molecule has 0 spiro atoms. The van der Waals surface area contributed by atoms with E-state index in [0.29, 0.717) is 0 Å². The first-order valence-corrected chi connectivity index (χ1v) is 6.05. The molecule has 0 N–H and O–H groups in total. The number of hydrogen-bond acceptors (Lipinski definition) is 4. The third-order valence-electron chi connectivity index (χ3n) is 2.96. The third kappa shape index (κ3) is 3.99. The van der Waals surface area contributed by atoms with Crippen LogP contribution in [0.5, 0.6) is 0 Å². The van der Waals surface area contributed by atoms with E-state index in [-0.39, 0.29) is 25.9 Å². The maximum Gasteiger partial charge on any atom is 0.410 e. The van der Waals surface area contributed by atoms with E-state index >= 15 is 0 Å². The van der Waals surface area contributed by atoms with E-state index in [9.17, 15) is 18.4 Å². The van der Waals surface area contributed by atoms with Crippen molar-refractivity contribution in [3.63, 3.8) is 0 Å². The highest BCUT2D eigenvalue weighted by Gasteiger charge is 2.44. The minimum atomic E-state index is -2.74. The maximum absolute atomic E-state index is 13.0. The number of carbonyl (C=O) groups is 1. The van der Waals surface area contributed by atoms with Crippen LogP contribution in [-0.4, -0.2) is 47.7 Å². The Labute approximate surface area is 110 Å². The molecule has 1 amide bonds. The molecule has 0 aromatic heterocycles. The summed E-state index contributed by atoms with van der Waals surface area (Å²) in [6, 6.07) is 0. The average Bonchev–Trinajstić information content (AvgIpc) is 2.27. The molecule has 1 heterocycles. The van der Waals surface area contributed by atoms with Crippen LogP contribution in [0.1, 0.15) is 33.6 Å². The first-order valence-electron chi connectivity index (χ1n) is 6.05. The van der Waals surface area contributed by atoms with Gasteiger partial charge in [-0.3, -0.25) is 0 Å². The van der Waals surface area contributed by atoms with Crippen molar-refractivity contribution in [2.75, 3.05) is 13.1 Å². The molecule has 7 heteroatoms. The third-order valence-corrected chi connectivity index (χ3v) is 2.96. The fourth-order valence-corrected chi connectivity index (χ4v) is 1.87. The summed E-state index contributed by atoms with van der Waals surface area (Å²) in [6.07, 6.45) is -2.22. The van der Waals surface area contributed by atoms with Crippen molar-refractivity contribution >= 4 is 12.2 Å². The molecule has 1 fully saturated rings. The Hall–Kier alpha value is -1.49. The van der Waals surface area contributed by atoms with Crippen molar-refractivity contribution in [1.82, 2.24) is 4.90 Å². The number of amides is 1. The Morgan fingerprint density at radius 3 is 2.26 bits per heavy atom. The van der Waals surface area contributed by atoms with Crippen LogP contribution in [0.4, 0.5) is 13.6 Å². The van der Waals surface area contributed by atoms with Gasteiger partial charge in [-0.05, 0) is 33.6 Å². The highest BCUT2D eigenvalue weighted by molar-refractivity contribution is 5.68. The van der Waals surface area contributed by atoms with Gasteiger partial charge in [-0.15, -0.1) is 0 Å². The Kier molecular flexibility index (Phi) is 4.63. The van der Waals surface area contributed by atoms with Crippen LogP contribution in [0, 0.1) is 0 Å². The smallest absolute Gasteiger partial charge is 0.410 e. The molecular weight excluding hydrogens is 258 g/mol. The Bertz CT molecular complexity index is 379. The van der Waals surface area contributed by atoms with Gasteiger partial charge in [-0.1, -0.05) is 0 Å². The van der Waals surface area contributed by atoms with Gasteiger partial charge in [0.2, 0.25) is 6.08 Å². The average molecular weight is 276 g/mol. The SMILES string of the molecule is CC(C)(C)OC(=O)N1CCC(N=C=O)(C(F)F)CC1. The number of rotatable bonds is 2. The number of aliphatic imine (C=N–C) groups is 1. The number of isocyanates is 1. The van der Waals surface area contributed by atoms with Crippen LogP contribution >= 0.6 is 0 Å². The molecule has 1 rings (SSSR count). The molecule has 1 aliphatic heterocycles. The van der Waals surface area contributed by atoms with Gasteiger partial charge < -0.3 is 9.64 Å². The maximum atomic E-state index is 13.0. The van der Waals surface area contributed by atoms with Crippen LogP contribution < -0.4 is 0 Å². The number of alkyl halides is 2. The van der Waals surface area contributed by atoms with Crippen molar-refractivity contribution in [3.05, 3.63) is 0 Å². The van der Waals surface area contributed by atoms with E-state index in [0.717, 1.165) is 0 Å². The zero-order chi connectivity index (χ0) is 14.7. The molecule has 0 aliphatic carbocycles. The van der Waals surface area contributed by atoms with Crippen molar-refractivity contribution < 1.29 is 23.1 Å². The quantitative estimate of drug-likeness (QED) is 0.574. The number of halogens is 2. The molecule has 0 atom stereocenters. The Balaban J connectivity index is 2.66. The molecule has 0 aromatic carbocycles. The Morgan fingerprint density at radius 1 is 1.37 bits per heavy atom. The first-order chi connectivity index (χ1) is 8.70. The van der Waals surface area contributed by atoms with E-state index < -0.39 is 23.7 Å². The van der Waals surface area contributed by atoms with Gasteiger partial charge in [-0.25, -0.2) is 18.4 Å². The van der Waals surface area contributed by atoms with Crippen LogP contribution in [0.3, 0.4) is 0 Å². The molecule has 108 valence electrons. The highest BCUT2D eigenvalue weighted by atomic mass is 19.3. The second kappa shape index (κ2) is 5.65. The highest BCUT2D eigenvalue weighted by Crippen LogP contribution is 2.32. The minimum Gasteiger partial charge on any atom is -0.444 e. The molecule has 0 bridgehead atoms. The monoisotopic (exact) mass is 276 g/mol. The largest absolute Gasteiger partial charge is 0.444 e. The van der Waals surface area contributed by atoms with E-state index in [2.05, 4.69) is 4.99 Å². The van der Waals surface area contributed by atoms with E-state index in [4.69, 9.17) is 4.74 Å². The van der Waals surface area contributed by atoms with Crippen molar-refractivity contribution in [1.29, 1.82) is 0 Å². The summed E-state index contributed by atoms with van der Waals surface area (Å²) < 4.78 is 31.1. The van der Waals surface area contributed by atoms with Gasteiger partial charge in [0.05, 0.1) is 0 Å². The van der Waals surface area contributed by atoms with Crippen LogP contribution in [0.15, 0.2) is 4.99 Å². The second-order valence-electron chi connectivity index (χ2n) is 5.57. The van der Waals surface area contributed by atoms with Gasteiger partial charge in [-0.2, -0.15) is 4.99 Å². The number of carbonyl (C=O) groups excluding carboxylic acids is 2. The van der Waals surface area contributed by atoms with Crippen molar-refractivity contribution in [2.45, 2.75) is 51.2 Å². The molecule has 19 heavy (non-hydrogen) atoms. The number of nitrogens with zero attached hydrogens (tertiary/aromatic N) is 2. The van der Waals surface area contributed by atoms with Gasteiger partial charge in [0, 0.05) is 13.1 Å². The minimum absolute atomic E-state index is 0.0703. The summed E-state index contributed by atoms with van der Waals surface area (Å²) in [7, 11) is 0. The molecule has 1 aliphatic rings. The second-order valence-corrected chi connectivity index (χ2v) is 5.57. The van der Waals surface area contributed by atoms with Crippen LogP contribution in [-0.2, 0) is 9.53 Å². The lowest BCUT2D eigenvalue weighted by Gasteiger charge is -2.37. The molecule has 0 saturated carbocycles. The van der Waals surface area contributed by atoms with E-state index in [1.54, 1.807) is 20.8 Å². The summed E-state index contributed by atoms with van der Waals surface area (Å²) in [5.41, 5.74) is -2.34. The summed E-state index contributed by atoms with van der Waals surface area (Å²) >= 11 is 0. The first kappa shape index (κ1) is 15.6. The summed E-state index contributed by atoms with van der Waals surface area (Å²) in [5.74, 6) is 0. The van der Waals surface area contributed by atoms with Gasteiger partial charge in [0.15, 0.2) is 0 Å². The molecule has 1 saturated heterocycles. The van der Waals surface area contributed by atoms with Crippen molar-refractivity contribution in [2.24, 2.45) is 4.99 Å². The number of ether oxygens (including phenoxy) is 1. The summed E-state index contributed by atoms with van der Waals surface area (Å²) in [5, 5.41) is 0. The van der Waals surface area contributed by atoms with Crippen molar-refractivity contribution in [3.8, 4) is 0 Å².